The summed E-state index contributed by atoms with van der Waals surface area (Å²) in [5.74, 6) is 0.400. The second-order valence-corrected chi connectivity index (χ2v) is 8.63. The van der Waals surface area contributed by atoms with E-state index in [0.717, 1.165) is 25.7 Å². The Labute approximate surface area is 132 Å². The maximum atomic E-state index is 14.1. The molecule has 0 amide bonds. The van der Waals surface area contributed by atoms with Gasteiger partial charge in [-0.2, -0.15) is 0 Å². The molecule has 0 aromatic heterocycles. The van der Waals surface area contributed by atoms with Crippen molar-refractivity contribution < 1.29 is 14.3 Å². The molecule has 1 N–H and O–H groups in total. The highest BCUT2D eigenvalue weighted by Crippen LogP contribution is 2.64. The number of hydrogen-bond acceptors (Lipinski definition) is 2. The zero-order valence-corrected chi connectivity index (χ0v) is 13.6. The van der Waals surface area contributed by atoms with Gasteiger partial charge >= 0.3 is 0 Å². The highest BCUT2D eigenvalue weighted by Gasteiger charge is 2.64. The van der Waals surface area contributed by atoms with Crippen LogP contribution in [0.15, 0.2) is 11.6 Å². The summed E-state index contributed by atoms with van der Waals surface area (Å²) in [7, 11) is 0. The van der Waals surface area contributed by atoms with Gasteiger partial charge in [0.15, 0.2) is 12.0 Å². The third-order valence-electron chi connectivity index (χ3n) is 7.66. The molecule has 7 atom stereocenters. The Bertz CT molecular complexity index is 542. The lowest BCUT2D eigenvalue weighted by molar-refractivity contribution is -0.147. The summed E-state index contributed by atoms with van der Waals surface area (Å²) in [6.07, 6.45) is 7.02. The van der Waals surface area contributed by atoms with Crippen LogP contribution in [0.1, 0.15) is 58.8 Å². The zero-order chi connectivity index (χ0) is 15.7. The van der Waals surface area contributed by atoms with Gasteiger partial charge in [0.2, 0.25) is 0 Å². The fourth-order valence-corrected chi connectivity index (χ4v) is 6.63. The molecule has 3 saturated carbocycles. The van der Waals surface area contributed by atoms with E-state index in [4.69, 9.17) is 0 Å². The smallest absolute Gasteiger partial charge is 0.173 e. The van der Waals surface area contributed by atoms with Gasteiger partial charge in [0.05, 0.1) is 6.10 Å². The maximum Gasteiger partial charge on any atom is 0.173 e. The molecule has 0 unspecified atom stereocenters. The first-order valence-corrected chi connectivity index (χ1v) is 8.94. The fourth-order valence-electron chi connectivity index (χ4n) is 6.63. The molecular weight excluding hydrogens is 279 g/mol. The van der Waals surface area contributed by atoms with E-state index in [1.54, 1.807) is 0 Å². The molecule has 0 radical (unpaired) electrons. The van der Waals surface area contributed by atoms with Crippen LogP contribution in [-0.4, -0.2) is 23.2 Å². The minimum atomic E-state index is -1.31. The van der Waals surface area contributed by atoms with Crippen molar-refractivity contribution in [2.75, 3.05) is 0 Å². The van der Waals surface area contributed by atoms with E-state index in [1.807, 2.05) is 6.92 Å². The Hall–Kier alpha value is -0.700. The number of carbonyl (C=O) groups excluding carboxylic acids is 1. The molecule has 2 nitrogen and oxygen atoms in total. The summed E-state index contributed by atoms with van der Waals surface area (Å²) >= 11 is 0. The molecule has 4 aliphatic rings. The normalized spacial score (nSPS) is 54.3. The van der Waals surface area contributed by atoms with Crippen molar-refractivity contribution in [2.24, 2.45) is 28.6 Å². The van der Waals surface area contributed by atoms with E-state index in [1.165, 1.54) is 12.0 Å². The highest BCUT2D eigenvalue weighted by atomic mass is 19.1. The first-order valence-electron chi connectivity index (χ1n) is 8.94. The molecule has 122 valence electrons. The van der Waals surface area contributed by atoms with Gasteiger partial charge in [-0.25, -0.2) is 4.39 Å². The predicted molar refractivity (Wildman–Crippen MR) is 83.0 cm³/mol. The zero-order valence-electron chi connectivity index (χ0n) is 13.6. The summed E-state index contributed by atoms with van der Waals surface area (Å²) in [5.41, 5.74) is 0.954. The van der Waals surface area contributed by atoms with Crippen LogP contribution >= 0.6 is 0 Å². The molecule has 3 heteroatoms. The lowest BCUT2D eigenvalue weighted by Crippen LogP contribution is -2.56. The van der Waals surface area contributed by atoms with E-state index in [2.05, 4.69) is 13.0 Å². The molecule has 3 fully saturated rings. The van der Waals surface area contributed by atoms with Crippen molar-refractivity contribution in [2.45, 2.75) is 71.1 Å². The number of carbonyl (C=O) groups is 1. The summed E-state index contributed by atoms with van der Waals surface area (Å²) in [5, 5.41) is 10.9. The number of halogens is 1. The summed E-state index contributed by atoms with van der Waals surface area (Å²) < 4.78 is 14.1. The number of aliphatic hydroxyl groups is 1. The Morgan fingerprint density at radius 2 is 2.09 bits per heavy atom. The number of alkyl halides is 1. The van der Waals surface area contributed by atoms with Crippen LogP contribution in [0.4, 0.5) is 4.39 Å². The monoisotopic (exact) mass is 306 g/mol. The van der Waals surface area contributed by atoms with Crippen LogP contribution in [0.3, 0.4) is 0 Å². The van der Waals surface area contributed by atoms with Gasteiger partial charge in [-0.1, -0.05) is 25.5 Å². The first-order chi connectivity index (χ1) is 10.4. The summed E-state index contributed by atoms with van der Waals surface area (Å²) in [6.45, 7) is 4.22. The van der Waals surface area contributed by atoms with E-state index in [9.17, 15) is 14.3 Å². The molecule has 0 aromatic carbocycles. The predicted octanol–water partition coefficient (Wildman–Crippen LogP) is 3.83. The Kier molecular flexibility index (Phi) is 3.15. The lowest BCUT2D eigenvalue weighted by atomic mass is 9.46. The molecule has 22 heavy (non-hydrogen) atoms. The van der Waals surface area contributed by atoms with Crippen molar-refractivity contribution in [3.63, 3.8) is 0 Å². The molecule has 4 aliphatic carbocycles. The van der Waals surface area contributed by atoms with Crippen LogP contribution in [-0.2, 0) is 4.79 Å². The average Bonchev–Trinajstić information content (AvgIpc) is 2.70. The second-order valence-electron chi connectivity index (χ2n) is 8.63. The number of aliphatic hydroxyl groups excluding tert-OH is 1. The quantitative estimate of drug-likeness (QED) is 0.691. The van der Waals surface area contributed by atoms with Gasteiger partial charge in [-0.15, -0.1) is 0 Å². The van der Waals surface area contributed by atoms with Crippen LogP contribution in [0, 0.1) is 28.6 Å². The van der Waals surface area contributed by atoms with E-state index < -0.39 is 17.7 Å². The SMILES string of the molecule is C[C@]12CCCC=C1CC[C@@H]1[C@@H]2[C@H](O)C[C@]2(C)C(=O)[C@@H](F)C[C@@H]12. The number of ketones is 1. The van der Waals surface area contributed by atoms with Gasteiger partial charge in [0.25, 0.3) is 0 Å². The maximum absolute atomic E-state index is 14.1. The molecule has 0 aromatic rings. The van der Waals surface area contributed by atoms with Crippen molar-refractivity contribution in [1.29, 1.82) is 0 Å². The number of allylic oxidation sites excluding steroid dienone is 2. The topological polar surface area (TPSA) is 37.3 Å². The van der Waals surface area contributed by atoms with Gasteiger partial charge in [-0.3, -0.25) is 4.79 Å². The first kappa shape index (κ1) is 14.9. The van der Waals surface area contributed by atoms with Gasteiger partial charge < -0.3 is 5.11 Å². The molecule has 0 spiro atoms. The Morgan fingerprint density at radius 3 is 2.86 bits per heavy atom. The number of rotatable bonds is 0. The number of hydrogen-bond donors (Lipinski definition) is 1. The third-order valence-corrected chi connectivity index (χ3v) is 7.66. The van der Waals surface area contributed by atoms with Crippen LogP contribution in [0.25, 0.3) is 0 Å². The molecule has 0 bridgehead atoms. The Morgan fingerprint density at radius 1 is 1.32 bits per heavy atom. The van der Waals surface area contributed by atoms with Crippen molar-refractivity contribution in [1.82, 2.24) is 0 Å². The van der Waals surface area contributed by atoms with E-state index in [0.29, 0.717) is 18.8 Å². The van der Waals surface area contributed by atoms with E-state index >= 15 is 0 Å². The van der Waals surface area contributed by atoms with Crippen LogP contribution in [0.2, 0.25) is 0 Å². The molecule has 0 aliphatic heterocycles. The Balaban J connectivity index is 1.75. The minimum Gasteiger partial charge on any atom is -0.393 e. The minimum absolute atomic E-state index is 0.0688. The van der Waals surface area contributed by atoms with Gasteiger partial charge in [0.1, 0.15) is 0 Å². The summed E-state index contributed by atoms with van der Waals surface area (Å²) in [6, 6.07) is 0. The third kappa shape index (κ3) is 1.72. The highest BCUT2D eigenvalue weighted by molar-refractivity contribution is 5.91. The molecule has 0 heterocycles. The number of Topliss-reactive ketones (excluding diaryl/α,β-unsaturated/α-hetero) is 1. The molecular formula is C19H27FO2. The number of fused-ring (bicyclic) bond motifs is 5. The van der Waals surface area contributed by atoms with Crippen LogP contribution < -0.4 is 0 Å². The lowest BCUT2D eigenvalue weighted by Gasteiger charge is -2.58. The van der Waals surface area contributed by atoms with Gasteiger partial charge in [0, 0.05) is 5.41 Å². The van der Waals surface area contributed by atoms with Crippen molar-refractivity contribution >= 4 is 5.78 Å². The average molecular weight is 306 g/mol. The van der Waals surface area contributed by atoms with Crippen molar-refractivity contribution in [3.8, 4) is 0 Å². The molecule has 4 rings (SSSR count). The summed E-state index contributed by atoms with van der Waals surface area (Å²) in [4.78, 5) is 12.3. The largest absolute Gasteiger partial charge is 0.393 e. The second kappa shape index (κ2) is 4.66. The fraction of sp³-hybridized carbons (Fsp3) is 0.842. The molecule has 0 saturated heterocycles. The standard InChI is InChI=1S/C19H27FO2/c1-18-8-4-3-5-11(18)6-7-12-13-9-14(20)17(22)19(13,2)10-15(21)16(12)18/h5,12-16,21H,3-4,6-10H2,1-2H3/t12-,13-,14-,15+,16+,18-,19-/m0/s1. The van der Waals surface area contributed by atoms with Crippen molar-refractivity contribution in [3.05, 3.63) is 11.6 Å². The van der Waals surface area contributed by atoms with Crippen LogP contribution in [0.5, 0.6) is 0 Å². The van der Waals surface area contributed by atoms with Gasteiger partial charge in [-0.05, 0) is 68.1 Å². The van der Waals surface area contributed by atoms with E-state index in [-0.39, 0.29) is 23.0 Å².